The molecule has 0 aliphatic rings. The van der Waals surface area contributed by atoms with Gasteiger partial charge >= 0.3 is 29.0 Å². The van der Waals surface area contributed by atoms with Crippen molar-refractivity contribution in [1.82, 2.24) is 25.5 Å². The zero-order valence-corrected chi connectivity index (χ0v) is 36.7. The zero-order chi connectivity index (χ0) is 38.9. The molecule has 5 N–H and O–H groups in total. The fourth-order valence-corrected chi connectivity index (χ4v) is 3.88. The van der Waals surface area contributed by atoms with Crippen molar-refractivity contribution < 1.29 is 60.5 Å². The zero-order valence-electron chi connectivity index (χ0n) is 30.5. The number of rotatable bonds is 13. The van der Waals surface area contributed by atoms with Gasteiger partial charge in [-0.1, -0.05) is 13.8 Å². The van der Waals surface area contributed by atoms with E-state index in [2.05, 4.69) is 53.0 Å². The molecular weight excluding hydrogens is 864 g/mol. The van der Waals surface area contributed by atoms with E-state index in [-0.39, 0.29) is 64.1 Å². The number of carboxylic acid groups (broad SMARTS) is 1. The van der Waals surface area contributed by atoms with Gasteiger partial charge in [-0.2, -0.15) is 6.42 Å². The molecule has 3 aromatic rings. The number of aromatic nitrogens is 3. The molecule has 0 aliphatic heterocycles. The SMILES string of the molecule is CCCC(=O)/C=C/C(=O)Nc1nccs1.CNOC.CON(C)C(=O)/C=C/C(=O)Nc1nccs1.Cl.O=C(O)/C=C/C(=O)Nc1nccs1.[Br-].[CH2-]CC.[Mg+2]. The van der Waals surface area contributed by atoms with Gasteiger partial charge in [0.05, 0.1) is 14.2 Å². The number of carboxylic acids is 1. The van der Waals surface area contributed by atoms with E-state index in [1.165, 1.54) is 60.3 Å². The van der Waals surface area contributed by atoms with Crippen LogP contribution < -0.4 is 38.4 Å². The molecule has 17 nitrogen and oxygen atoms in total. The molecule has 0 fully saturated rings. The van der Waals surface area contributed by atoms with Crippen molar-refractivity contribution in [1.29, 1.82) is 0 Å². The maximum Gasteiger partial charge on any atom is 2.00 e. The van der Waals surface area contributed by atoms with Gasteiger partial charge in [0.1, 0.15) is 0 Å². The Labute approximate surface area is 359 Å². The van der Waals surface area contributed by atoms with E-state index >= 15 is 0 Å². The van der Waals surface area contributed by atoms with Crippen molar-refractivity contribution in [3.8, 4) is 0 Å². The third kappa shape index (κ3) is 36.9. The van der Waals surface area contributed by atoms with Crippen LogP contribution in [0.5, 0.6) is 0 Å². The fourth-order valence-electron chi connectivity index (χ4n) is 2.28. The van der Waals surface area contributed by atoms with Crippen molar-refractivity contribution in [2.75, 3.05) is 44.3 Å². The Kier molecular flexibility index (Phi) is 45.1. The number of halogens is 2. The van der Waals surface area contributed by atoms with Crippen molar-refractivity contribution in [2.45, 2.75) is 33.1 Å². The molecule has 0 saturated heterocycles. The molecule has 0 radical (unpaired) electrons. The molecular formula is C31H44BrClMgN8O9S3. The maximum atomic E-state index is 11.3. The number of thiazole rings is 3. The second-order valence-corrected chi connectivity index (χ2v) is 11.1. The molecule has 23 heteroatoms. The Morgan fingerprint density at radius 3 is 1.41 bits per heavy atom. The van der Waals surface area contributed by atoms with Crippen LogP contribution in [-0.2, 0) is 38.4 Å². The summed E-state index contributed by atoms with van der Waals surface area (Å²) < 4.78 is 0. The number of aliphatic carboxylic acids is 1. The monoisotopic (exact) mass is 906 g/mol. The van der Waals surface area contributed by atoms with E-state index in [9.17, 15) is 28.8 Å². The van der Waals surface area contributed by atoms with Crippen molar-refractivity contribution in [3.05, 3.63) is 78.1 Å². The van der Waals surface area contributed by atoms with Crippen molar-refractivity contribution in [2.24, 2.45) is 0 Å². The molecule has 0 unspecified atom stereocenters. The maximum absolute atomic E-state index is 11.3. The van der Waals surface area contributed by atoms with Crippen LogP contribution >= 0.6 is 46.4 Å². The van der Waals surface area contributed by atoms with Crippen LogP contribution in [0.15, 0.2) is 71.2 Å². The standard InChI is InChI=1S/C10H12N2O2S.C9H11N3O3S.C7H6N2O3S.C3H7.C2H7NO.BrH.ClH.Mg/c1-2-3-8(13)4-5-9(14)12-10-11-6-7-15-10;1-12(15-2)8(14)4-3-7(13)11-9-10-5-6-16-9;10-5(1-2-6(11)12)9-7-8-3-4-13-7;1-3-2;1-3-4-2;;;/h4-7H,2-3H2,1H3,(H,11,12,14);3-6H,1-2H3,(H,10,11,13);1-4H,(H,11,12)(H,8,9,10);1,3H2,2H3;3H,1-2H3;2*1H;/q;;;-1;;;;+2/p-1/b5-4+;4-3+;2-1+;;;;;. The van der Waals surface area contributed by atoms with Crippen LogP contribution in [0.3, 0.4) is 0 Å². The molecule has 3 heterocycles. The van der Waals surface area contributed by atoms with Gasteiger partial charge in [-0.05, 0) is 12.5 Å². The van der Waals surface area contributed by atoms with E-state index in [1.807, 2.05) is 13.8 Å². The topological polar surface area (TPSA) is 231 Å². The molecule has 0 bridgehead atoms. The molecule has 3 aromatic heterocycles. The minimum absolute atomic E-state index is 0. The van der Waals surface area contributed by atoms with Gasteiger partial charge in [-0.25, -0.2) is 30.3 Å². The van der Waals surface area contributed by atoms with Crippen LogP contribution in [0.25, 0.3) is 0 Å². The summed E-state index contributed by atoms with van der Waals surface area (Å²) in [7, 11) is 6.09. The number of carbonyl (C=O) groups excluding carboxylic acids is 5. The predicted molar refractivity (Wildman–Crippen MR) is 212 cm³/mol. The largest absolute Gasteiger partial charge is 2.00 e. The minimum Gasteiger partial charge on any atom is -1.00 e. The summed E-state index contributed by atoms with van der Waals surface area (Å²) in [4.78, 5) is 86.2. The molecule has 296 valence electrons. The number of amides is 4. The first-order valence-electron chi connectivity index (χ1n) is 14.6. The first-order chi connectivity index (χ1) is 24.4. The summed E-state index contributed by atoms with van der Waals surface area (Å²) in [6.45, 7) is 7.42. The number of nitrogens with zero attached hydrogens (tertiary/aromatic N) is 4. The van der Waals surface area contributed by atoms with E-state index in [0.29, 0.717) is 21.8 Å². The van der Waals surface area contributed by atoms with Gasteiger partial charge in [0.25, 0.3) is 5.91 Å². The molecule has 54 heavy (non-hydrogen) atoms. The molecule has 4 amide bonds. The summed E-state index contributed by atoms with van der Waals surface area (Å²) in [5, 5.41) is 23.3. The number of carbonyl (C=O) groups is 6. The van der Waals surface area contributed by atoms with Gasteiger partial charge in [-0.15, -0.1) is 46.4 Å². The van der Waals surface area contributed by atoms with Crippen molar-refractivity contribution in [3.63, 3.8) is 0 Å². The Hall–Kier alpha value is -3.45. The molecule has 0 saturated carbocycles. The number of likely N-dealkylation sites (N-methyl/N-ethyl adjacent to an activating group) is 1. The van der Waals surface area contributed by atoms with E-state index < -0.39 is 23.7 Å². The quantitative estimate of drug-likeness (QED) is 0.0709. The fraction of sp³-hybridized carbons (Fsp3) is 0.290. The molecule has 0 spiro atoms. The Balaban J connectivity index is -0.000000200. The smallest absolute Gasteiger partial charge is 1.00 e. The van der Waals surface area contributed by atoms with Gasteiger partial charge in [0.15, 0.2) is 21.2 Å². The van der Waals surface area contributed by atoms with Gasteiger partial charge in [0, 0.05) is 85.6 Å². The number of hydrogen-bond donors (Lipinski definition) is 5. The van der Waals surface area contributed by atoms with Crippen LogP contribution in [-0.4, -0.2) is 112 Å². The van der Waals surface area contributed by atoms with Gasteiger partial charge in [0.2, 0.25) is 17.7 Å². The number of hydroxylamine groups is 3. The predicted octanol–water partition coefficient (Wildman–Crippen LogP) is 1.43. The first kappa shape index (κ1) is 59.8. The number of allylic oxidation sites excluding steroid dienone is 1. The van der Waals surface area contributed by atoms with Crippen LogP contribution in [0.4, 0.5) is 15.4 Å². The van der Waals surface area contributed by atoms with E-state index in [0.717, 1.165) is 42.2 Å². The van der Waals surface area contributed by atoms with Crippen LogP contribution in [0.1, 0.15) is 33.1 Å². The Morgan fingerprint density at radius 2 is 1.13 bits per heavy atom. The summed E-state index contributed by atoms with van der Waals surface area (Å²) in [5.74, 6) is -2.85. The second kappa shape index (κ2) is 40.7. The van der Waals surface area contributed by atoms with Crippen molar-refractivity contribution >= 4 is 120 Å². The molecule has 3 rings (SSSR count). The summed E-state index contributed by atoms with van der Waals surface area (Å²) in [6.07, 6.45) is 13.5. The van der Waals surface area contributed by atoms with Gasteiger partial charge < -0.3 is 33.8 Å². The number of nitrogens with one attached hydrogen (secondary N) is 4. The summed E-state index contributed by atoms with van der Waals surface area (Å²) in [6, 6.07) is 0. The van der Waals surface area contributed by atoms with Crippen LogP contribution in [0.2, 0.25) is 0 Å². The number of ketones is 1. The molecule has 0 aromatic carbocycles. The third-order valence-electron chi connectivity index (χ3n) is 4.45. The third-order valence-corrected chi connectivity index (χ3v) is 6.51. The normalized spacial score (nSPS) is 9.31. The van der Waals surface area contributed by atoms with E-state index in [1.54, 1.807) is 48.9 Å². The van der Waals surface area contributed by atoms with E-state index in [4.69, 9.17) is 5.11 Å². The Morgan fingerprint density at radius 1 is 0.778 bits per heavy atom. The minimum atomic E-state index is -1.16. The average molecular weight is 909 g/mol. The summed E-state index contributed by atoms with van der Waals surface area (Å²) >= 11 is 3.89. The van der Waals surface area contributed by atoms with Gasteiger partial charge in [-0.3, -0.25) is 44.8 Å². The number of hydrogen-bond acceptors (Lipinski definition) is 15. The number of anilines is 3. The Bertz CT molecular complexity index is 1500. The second-order valence-electron chi connectivity index (χ2n) is 8.46. The van der Waals surface area contributed by atoms with Crippen LogP contribution in [0, 0.1) is 6.92 Å². The summed E-state index contributed by atoms with van der Waals surface area (Å²) in [5.41, 5.74) is 2.43. The molecule has 0 atom stereocenters. The molecule has 0 aliphatic carbocycles. The first-order valence-corrected chi connectivity index (χ1v) is 17.2. The average Bonchev–Trinajstić information content (AvgIpc) is 3.92.